The second-order valence-corrected chi connectivity index (χ2v) is 9.31. The third-order valence-electron chi connectivity index (χ3n) is 5.07. The molecule has 2 aromatic carbocycles. The Morgan fingerprint density at radius 3 is 2.52 bits per heavy atom. The van der Waals surface area contributed by atoms with Crippen molar-refractivity contribution in [2.24, 2.45) is 0 Å². The second kappa shape index (κ2) is 8.28. The van der Waals surface area contributed by atoms with Gasteiger partial charge in [-0.05, 0) is 44.5 Å². The van der Waals surface area contributed by atoms with Crippen LogP contribution in [0.15, 0.2) is 53.4 Å². The first kappa shape index (κ1) is 21.3. The topological polar surface area (TPSA) is 69.7 Å². The Morgan fingerprint density at radius 1 is 1.10 bits per heavy atom. The number of thiocarbonyl (C=S) groups is 1. The summed E-state index contributed by atoms with van der Waals surface area (Å²) in [6, 6.07) is 14.5. The average Bonchev–Trinajstić information content (AvgIpc) is 3.14. The normalized spacial score (nSPS) is 18.3. The van der Waals surface area contributed by atoms with E-state index in [4.69, 9.17) is 12.2 Å². The Morgan fingerprint density at radius 2 is 1.84 bits per heavy atom. The molecule has 2 aliphatic rings. The third-order valence-corrected chi connectivity index (χ3v) is 6.47. The van der Waals surface area contributed by atoms with Gasteiger partial charge < -0.3 is 5.32 Å². The second-order valence-electron chi connectivity index (χ2n) is 7.67. The molecule has 0 radical (unpaired) electrons. The Balaban J connectivity index is 1.66. The Bertz CT molecular complexity index is 1160. The number of rotatable bonds is 4. The molecule has 1 fully saturated rings. The number of amides is 3. The predicted octanol–water partition coefficient (Wildman–Crippen LogP) is 3.96. The van der Waals surface area contributed by atoms with E-state index < -0.39 is 0 Å². The number of nitrogens with zero attached hydrogens (tertiary/aromatic N) is 2. The minimum absolute atomic E-state index is 0.103. The molecule has 0 saturated carbocycles. The Labute approximate surface area is 190 Å². The van der Waals surface area contributed by atoms with Crippen LogP contribution in [0, 0.1) is 6.92 Å². The third kappa shape index (κ3) is 3.88. The van der Waals surface area contributed by atoms with E-state index in [1.165, 1.54) is 9.80 Å². The number of thioether (sulfide) groups is 1. The van der Waals surface area contributed by atoms with Crippen LogP contribution in [0.25, 0.3) is 5.57 Å². The molecule has 3 amide bonds. The van der Waals surface area contributed by atoms with Gasteiger partial charge in [-0.2, -0.15) is 0 Å². The Kier molecular flexibility index (Phi) is 5.68. The fraction of sp³-hybridized carbons (Fsp3) is 0.217. The van der Waals surface area contributed by atoms with E-state index in [1.807, 2.05) is 45.0 Å². The van der Waals surface area contributed by atoms with Gasteiger partial charge in [0.2, 0.25) is 5.91 Å². The number of hydrogen-bond donors (Lipinski definition) is 1. The van der Waals surface area contributed by atoms with Crippen molar-refractivity contribution in [3.05, 3.63) is 64.6 Å². The first-order valence-corrected chi connectivity index (χ1v) is 11.1. The number of fused-ring (bicyclic) bond motifs is 1. The number of aryl methyl sites for hydroxylation is 1. The van der Waals surface area contributed by atoms with Gasteiger partial charge >= 0.3 is 0 Å². The summed E-state index contributed by atoms with van der Waals surface area (Å²) in [5, 5.41) is 2.83. The first-order chi connectivity index (χ1) is 14.8. The predicted molar refractivity (Wildman–Crippen MR) is 128 cm³/mol. The van der Waals surface area contributed by atoms with Crippen molar-refractivity contribution in [1.29, 1.82) is 0 Å². The van der Waals surface area contributed by atoms with Crippen LogP contribution >= 0.6 is 24.0 Å². The van der Waals surface area contributed by atoms with Gasteiger partial charge in [0.15, 0.2) is 0 Å². The molecule has 31 heavy (non-hydrogen) atoms. The van der Waals surface area contributed by atoms with Gasteiger partial charge in [-0.3, -0.25) is 24.2 Å². The van der Waals surface area contributed by atoms with Gasteiger partial charge in [-0.25, -0.2) is 0 Å². The van der Waals surface area contributed by atoms with Crippen molar-refractivity contribution >= 4 is 63.0 Å². The zero-order valence-electron chi connectivity index (χ0n) is 17.3. The van der Waals surface area contributed by atoms with Crippen molar-refractivity contribution in [3.8, 4) is 0 Å². The SMILES string of the molecule is Cc1cccc(NC(=O)CN2C(=O)/C(=C3/SC(=S)N(C(C)C)C3=O)c3ccccc32)c1. The van der Waals surface area contributed by atoms with E-state index >= 15 is 0 Å². The lowest BCUT2D eigenvalue weighted by atomic mass is 10.1. The van der Waals surface area contributed by atoms with Crippen LogP contribution in [0.5, 0.6) is 0 Å². The largest absolute Gasteiger partial charge is 0.325 e. The average molecular weight is 452 g/mol. The summed E-state index contributed by atoms with van der Waals surface area (Å²) in [6.45, 7) is 5.54. The van der Waals surface area contributed by atoms with Crippen LogP contribution in [-0.2, 0) is 14.4 Å². The lowest BCUT2D eigenvalue weighted by Gasteiger charge is -2.18. The van der Waals surface area contributed by atoms with Crippen LogP contribution in [0.1, 0.15) is 25.0 Å². The van der Waals surface area contributed by atoms with E-state index in [9.17, 15) is 14.4 Å². The van der Waals surface area contributed by atoms with Gasteiger partial charge in [0.05, 0.1) is 16.2 Å². The molecule has 6 nitrogen and oxygen atoms in total. The van der Waals surface area contributed by atoms with Gasteiger partial charge in [0.25, 0.3) is 11.8 Å². The summed E-state index contributed by atoms with van der Waals surface area (Å²) in [7, 11) is 0. The van der Waals surface area contributed by atoms with Crippen molar-refractivity contribution in [2.75, 3.05) is 16.8 Å². The molecule has 4 rings (SSSR count). The molecule has 8 heteroatoms. The van der Waals surface area contributed by atoms with E-state index in [1.54, 1.807) is 24.3 Å². The number of anilines is 2. The van der Waals surface area contributed by atoms with Gasteiger partial charge in [0.1, 0.15) is 10.9 Å². The summed E-state index contributed by atoms with van der Waals surface area (Å²) in [5.41, 5.74) is 3.24. The molecule has 1 saturated heterocycles. The molecule has 0 unspecified atom stereocenters. The highest BCUT2D eigenvalue weighted by atomic mass is 32.2. The highest BCUT2D eigenvalue weighted by molar-refractivity contribution is 8.26. The van der Waals surface area contributed by atoms with Crippen LogP contribution in [0.4, 0.5) is 11.4 Å². The van der Waals surface area contributed by atoms with Crippen molar-refractivity contribution in [1.82, 2.24) is 4.90 Å². The molecule has 2 aliphatic heterocycles. The standard InChI is InChI=1S/C23H21N3O3S2/c1-13(2)26-22(29)20(31-23(26)30)19-16-9-4-5-10-17(16)25(21(19)28)12-18(27)24-15-8-6-7-14(3)11-15/h4-11,13H,12H2,1-3H3,(H,24,27)/b20-19+. The van der Waals surface area contributed by atoms with E-state index in [0.29, 0.717) is 31.7 Å². The molecule has 1 N–H and O–H groups in total. The summed E-state index contributed by atoms with van der Waals surface area (Å²) in [4.78, 5) is 42.3. The fourth-order valence-electron chi connectivity index (χ4n) is 3.70. The summed E-state index contributed by atoms with van der Waals surface area (Å²) >= 11 is 6.51. The van der Waals surface area contributed by atoms with Gasteiger partial charge in [0, 0.05) is 17.3 Å². The van der Waals surface area contributed by atoms with Crippen molar-refractivity contribution in [2.45, 2.75) is 26.8 Å². The molecule has 0 aromatic heterocycles. The molecule has 158 valence electrons. The quantitative estimate of drug-likeness (QED) is 0.563. The minimum atomic E-state index is -0.371. The lowest BCUT2D eigenvalue weighted by molar-refractivity contribution is -0.123. The maximum Gasteiger partial charge on any atom is 0.267 e. The lowest BCUT2D eigenvalue weighted by Crippen LogP contribution is -2.36. The maximum absolute atomic E-state index is 13.4. The van der Waals surface area contributed by atoms with Crippen molar-refractivity contribution < 1.29 is 14.4 Å². The number of hydrogen-bond acceptors (Lipinski definition) is 5. The molecule has 0 spiro atoms. The molecule has 2 heterocycles. The first-order valence-electron chi connectivity index (χ1n) is 9.85. The molecule has 0 bridgehead atoms. The number of para-hydroxylation sites is 1. The van der Waals surface area contributed by atoms with Gasteiger partial charge in [-0.1, -0.05) is 54.3 Å². The molecule has 0 atom stereocenters. The smallest absolute Gasteiger partial charge is 0.267 e. The Hall–Kier alpha value is -2.97. The van der Waals surface area contributed by atoms with E-state index in [-0.39, 0.29) is 30.3 Å². The molecule has 0 aliphatic carbocycles. The zero-order valence-corrected chi connectivity index (χ0v) is 19.0. The number of carbonyl (C=O) groups is 3. The number of carbonyl (C=O) groups excluding carboxylic acids is 3. The molecule has 2 aromatic rings. The van der Waals surface area contributed by atoms with Crippen molar-refractivity contribution in [3.63, 3.8) is 0 Å². The fourth-order valence-corrected chi connectivity index (χ4v) is 5.29. The summed E-state index contributed by atoms with van der Waals surface area (Å²) in [6.07, 6.45) is 0. The number of nitrogens with one attached hydrogen (secondary N) is 1. The zero-order chi connectivity index (χ0) is 22.3. The van der Waals surface area contributed by atoms with Crippen LogP contribution in [0.3, 0.4) is 0 Å². The highest BCUT2D eigenvalue weighted by Crippen LogP contribution is 2.44. The highest BCUT2D eigenvalue weighted by Gasteiger charge is 2.43. The van der Waals surface area contributed by atoms with E-state index in [2.05, 4.69) is 5.32 Å². The molecular formula is C23H21N3O3S2. The number of benzene rings is 2. The van der Waals surface area contributed by atoms with Crippen LogP contribution in [-0.4, -0.2) is 39.5 Å². The minimum Gasteiger partial charge on any atom is -0.325 e. The van der Waals surface area contributed by atoms with Crippen LogP contribution < -0.4 is 10.2 Å². The summed E-state index contributed by atoms with van der Waals surface area (Å²) in [5.74, 6) is -0.955. The summed E-state index contributed by atoms with van der Waals surface area (Å²) < 4.78 is 0.434. The van der Waals surface area contributed by atoms with Crippen LogP contribution in [0.2, 0.25) is 0 Å². The maximum atomic E-state index is 13.4. The monoisotopic (exact) mass is 451 g/mol. The van der Waals surface area contributed by atoms with E-state index in [0.717, 1.165) is 17.3 Å². The van der Waals surface area contributed by atoms with Gasteiger partial charge in [-0.15, -0.1) is 0 Å². The molecular weight excluding hydrogens is 430 g/mol.